The molecule has 0 radical (unpaired) electrons. The van der Waals surface area contributed by atoms with E-state index in [0.717, 1.165) is 6.61 Å². The van der Waals surface area contributed by atoms with Gasteiger partial charge in [-0.1, -0.05) is 58.0 Å². The van der Waals surface area contributed by atoms with Crippen LogP contribution in [0.3, 0.4) is 0 Å². The molecule has 3 rings (SSSR count). The second kappa shape index (κ2) is 3.89. The van der Waals surface area contributed by atoms with Crippen molar-refractivity contribution in [1.82, 2.24) is 0 Å². The van der Waals surface area contributed by atoms with Crippen LogP contribution in [-0.4, -0.2) is 16.8 Å². The van der Waals surface area contributed by atoms with Crippen LogP contribution in [0.2, 0.25) is 0 Å². The maximum absolute atomic E-state index is 6.41. The van der Waals surface area contributed by atoms with E-state index in [2.05, 4.69) is 58.5 Å². The van der Waals surface area contributed by atoms with Gasteiger partial charge in [-0.25, -0.2) is 0 Å². The number of ether oxygens (including phenoxy) is 1. The quantitative estimate of drug-likeness (QED) is 0.707. The minimum absolute atomic E-state index is 0.00944. The first-order chi connectivity index (χ1) is 8.87. The first kappa shape index (κ1) is 13.3. The van der Waals surface area contributed by atoms with Gasteiger partial charge in [-0.15, -0.1) is 18.3 Å². The minimum Gasteiger partial charge on any atom is -0.361 e. The van der Waals surface area contributed by atoms with Gasteiger partial charge < -0.3 is 4.74 Å². The Bertz CT molecular complexity index is 495. The van der Waals surface area contributed by atoms with Gasteiger partial charge >= 0.3 is 0 Å². The molecule has 1 spiro atoms. The van der Waals surface area contributed by atoms with Crippen LogP contribution in [0, 0.1) is 0 Å². The molecule has 102 valence electrons. The number of hydrogen-bond donors (Lipinski definition) is 0. The Balaban J connectivity index is 2.21. The molecule has 1 unspecified atom stereocenters. The summed E-state index contributed by atoms with van der Waals surface area (Å²) in [5.41, 5.74) is 2.87. The summed E-state index contributed by atoms with van der Waals surface area (Å²) in [5, 5.41) is 0.396. The van der Waals surface area contributed by atoms with Crippen LogP contribution in [0.4, 0.5) is 0 Å². The lowest BCUT2D eigenvalue weighted by Crippen LogP contribution is -2.51. The van der Waals surface area contributed by atoms with Gasteiger partial charge in [-0.05, 0) is 11.1 Å². The summed E-state index contributed by atoms with van der Waals surface area (Å²) in [6, 6.07) is 8.80. The molecule has 1 saturated heterocycles. The van der Waals surface area contributed by atoms with E-state index < -0.39 is 0 Å². The van der Waals surface area contributed by atoms with Crippen molar-refractivity contribution in [2.24, 2.45) is 0 Å². The third-order valence-corrected chi connectivity index (χ3v) is 7.05. The van der Waals surface area contributed by atoms with E-state index in [4.69, 9.17) is 4.74 Å². The van der Waals surface area contributed by atoms with Crippen molar-refractivity contribution in [2.75, 3.05) is 6.61 Å². The monoisotopic (exact) mass is 274 g/mol. The Hall–Kier alpha value is -0.730. The van der Waals surface area contributed by atoms with Gasteiger partial charge in [0.1, 0.15) is 4.93 Å². The average Bonchev–Trinajstić information content (AvgIpc) is 2.89. The number of rotatable bonds is 1. The predicted molar refractivity (Wildman–Crippen MR) is 82.8 cm³/mol. The number of benzene rings is 1. The molecule has 1 fully saturated rings. The Labute approximate surface area is 120 Å². The largest absolute Gasteiger partial charge is 0.361 e. The maximum Gasteiger partial charge on any atom is 0.132 e. The zero-order valence-electron chi connectivity index (χ0n) is 12.2. The fourth-order valence-corrected chi connectivity index (χ4v) is 5.57. The molecule has 1 nitrogen and oxygen atoms in total. The van der Waals surface area contributed by atoms with Crippen LogP contribution >= 0.6 is 11.8 Å². The first-order valence-electron chi connectivity index (χ1n) is 6.91. The topological polar surface area (TPSA) is 9.23 Å². The summed E-state index contributed by atoms with van der Waals surface area (Å²) < 4.78 is 6.41. The molecule has 2 heteroatoms. The van der Waals surface area contributed by atoms with Gasteiger partial charge in [0.2, 0.25) is 0 Å². The maximum atomic E-state index is 6.41. The lowest BCUT2D eigenvalue weighted by Gasteiger charge is -2.45. The molecular weight excluding hydrogens is 252 g/mol. The minimum atomic E-state index is -0.192. The molecule has 0 N–H and O–H groups in total. The fourth-order valence-electron chi connectivity index (χ4n) is 3.96. The van der Waals surface area contributed by atoms with E-state index in [0.29, 0.717) is 5.25 Å². The van der Waals surface area contributed by atoms with Crippen LogP contribution in [0.15, 0.2) is 36.9 Å². The van der Waals surface area contributed by atoms with Gasteiger partial charge in [0.05, 0.1) is 6.61 Å². The van der Waals surface area contributed by atoms with Crippen molar-refractivity contribution in [3.63, 3.8) is 0 Å². The van der Waals surface area contributed by atoms with E-state index in [1.54, 1.807) is 0 Å². The van der Waals surface area contributed by atoms with Gasteiger partial charge in [0.15, 0.2) is 0 Å². The SMILES string of the molecule is C=CC1COC2(S1)C(C)(C)c1ccccc1C2(C)C. The van der Waals surface area contributed by atoms with Crippen LogP contribution < -0.4 is 0 Å². The molecule has 0 amide bonds. The van der Waals surface area contributed by atoms with Crippen LogP contribution in [0.5, 0.6) is 0 Å². The molecule has 1 aromatic rings. The van der Waals surface area contributed by atoms with Crippen LogP contribution in [0.25, 0.3) is 0 Å². The van der Waals surface area contributed by atoms with Crippen molar-refractivity contribution in [2.45, 2.75) is 48.7 Å². The standard InChI is InChI=1S/C17H22OS/c1-6-12-11-18-17(19-12)15(2,3)13-9-7-8-10-14(13)16(17,4)5/h6-10,12H,1,11H2,2-5H3. The van der Waals surface area contributed by atoms with Crippen molar-refractivity contribution >= 4 is 11.8 Å². The molecule has 1 atom stereocenters. The van der Waals surface area contributed by atoms with Crippen molar-refractivity contribution in [3.05, 3.63) is 48.0 Å². The molecule has 1 heterocycles. The summed E-state index contributed by atoms with van der Waals surface area (Å²) in [7, 11) is 0. The van der Waals surface area contributed by atoms with Crippen molar-refractivity contribution in [3.8, 4) is 0 Å². The highest BCUT2D eigenvalue weighted by atomic mass is 32.2. The molecule has 1 aromatic carbocycles. The van der Waals surface area contributed by atoms with Gasteiger partial charge in [-0.2, -0.15) is 0 Å². The fraction of sp³-hybridized carbons (Fsp3) is 0.529. The Kier molecular flexibility index (Phi) is 2.72. The third-order valence-electron chi connectivity index (χ3n) is 4.95. The Morgan fingerprint density at radius 1 is 1.16 bits per heavy atom. The molecule has 1 aliphatic carbocycles. The summed E-state index contributed by atoms with van der Waals surface area (Å²) >= 11 is 1.95. The van der Waals surface area contributed by atoms with E-state index >= 15 is 0 Å². The molecule has 0 bridgehead atoms. The highest BCUT2D eigenvalue weighted by molar-refractivity contribution is 8.01. The Morgan fingerprint density at radius 3 is 2.11 bits per heavy atom. The van der Waals surface area contributed by atoms with E-state index in [1.807, 2.05) is 17.8 Å². The summed E-state index contributed by atoms with van der Waals surface area (Å²) in [4.78, 5) is -0.192. The average molecular weight is 274 g/mol. The molecule has 2 aliphatic rings. The van der Waals surface area contributed by atoms with Crippen molar-refractivity contribution in [1.29, 1.82) is 0 Å². The number of hydrogen-bond acceptors (Lipinski definition) is 2. The molecule has 0 saturated carbocycles. The predicted octanol–water partition coefficient (Wildman–Crippen LogP) is 4.27. The Morgan fingerprint density at radius 2 is 1.68 bits per heavy atom. The lowest BCUT2D eigenvalue weighted by molar-refractivity contribution is -0.0354. The van der Waals surface area contributed by atoms with E-state index in [1.165, 1.54) is 11.1 Å². The molecular formula is C17H22OS. The summed E-state index contributed by atoms with van der Waals surface area (Å²) in [5.74, 6) is 0. The summed E-state index contributed by atoms with van der Waals surface area (Å²) in [6.45, 7) is 14.0. The summed E-state index contributed by atoms with van der Waals surface area (Å²) in [6.07, 6.45) is 2.02. The van der Waals surface area contributed by atoms with E-state index in [9.17, 15) is 0 Å². The van der Waals surface area contributed by atoms with Gasteiger partial charge in [0.25, 0.3) is 0 Å². The van der Waals surface area contributed by atoms with Crippen molar-refractivity contribution < 1.29 is 4.74 Å². The van der Waals surface area contributed by atoms with Gasteiger partial charge in [-0.3, -0.25) is 0 Å². The molecule has 19 heavy (non-hydrogen) atoms. The van der Waals surface area contributed by atoms with Crippen LogP contribution in [0.1, 0.15) is 38.8 Å². The van der Waals surface area contributed by atoms with Gasteiger partial charge in [0, 0.05) is 16.1 Å². The lowest BCUT2D eigenvalue weighted by atomic mass is 9.77. The number of thioether (sulfide) groups is 1. The smallest absolute Gasteiger partial charge is 0.132 e. The zero-order chi connectivity index (χ0) is 13.9. The molecule has 0 aromatic heterocycles. The highest BCUT2D eigenvalue weighted by Gasteiger charge is 2.66. The first-order valence-corrected chi connectivity index (χ1v) is 7.79. The zero-order valence-corrected chi connectivity index (χ0v) is 13.0. The second-order valence-corrected chi connectivity index (χ2v) is 8.03. The number of fused-ring (bicyclic) bond motifs is 1. The second-order valence-electron chi connectivity index (χ2n) is 6.62. The highest BCUT2D eigenvalue weighted by Crippen LogP contribution is 2.66. The third kappa shape index (κ3) is 1.42. The molecule has 1 aliphatic heterocycles. The van der Waals surface area contributed by atoms with Crippen LogP contribution in [-0.2, 0) is 15.6 Å². The van der Waals surface area contributed by atoms with E-state index in [-0.39, 0.29) is 15.8 Å². The normalized spacial score (nSPS) is 29.4.